The summed E-state index contributed by atoms with van der Waals surface area (Å²) < 4.78 is 0. The Morgan fingerprint density at radius 2 is 1.95 bits per heavy atom. The summed E-state index contributed by atoms with van der Waals surface area (Å²) in [6.45, 7) is 3.99. The fourth-order valence-corrected chi connectivity index (χ4v) is 2.48. The maximum atomic E-state index is 11.2. The molecular weight excluding hydrogens is 264 g/mol. The van der Waals surface area contributed by atoms with Gasteiger partial charge in [-0.1, -0.05) is 31.2 Å². The molecule has 0 fully saturated rings. The number of carboxylic acids is 1. The summed E-state index contributed by atoms with van der Waals surface area (Å²) in [4.78, 5) is 13.0. The summed E-state index contributed by atoms with van der Waals surface area (Å²) in [5, 5.41) is 20.1. The number of nitriles is 1. The van der Waals surface area contributed by atoms with Gasteiger partial charge in [0, 0.05) is 22.5 Å². The molecule has 4 nitrogen and oxygen atoms in total. The van der Waals surface area contributed by atoms with Crippen molar-refractivity contribution >= 4 is 22.4 Å². The van der Waals surface area contributed by atoms with Crippen molar-refractivity contribution in [2.24, 2.45) is 0 Å². The van der Waals surface area contributed by atoms with Crippen molar-refractivity contribution in [3.05, 3.63) is 42.0 Å². The first-order valence-corrected chi connectivity index (χ1v) is 6.98. The van der Waals surface area contributed by atoms with Crippen molar-refractivity contribution in [2.75, 3.05) is 11.4 Å². The Bertz CT molecular complexity index is 703. The molecule has 0 aliphatic heterocycles. The molecule has 2 rings (SSSR count). The van der Waals surface area contributed by atoms with Gasteiger partial charge >= 0.3 is 5.97 Å². The fourth-order valence-electron chi connectivity index (χ4n) is 2.48. The van der Waals surface area contributed by atoms with Crippen LogP contribution >= 0.6 is 0 Å². The van der Waals surface area contributed by atoms with Crippen LogP contribution in [0.2, 0.25) is 0 Å². The molecule has 0 aliphatic rings. The van der Waals surface area contributed by atoms with E-state index in [0.717, 1.165) is 22.9 Å². The molecule has 1 atom stereocenters. The quantitative estimate of drug-likeness (QED) is 0.912. The van der Waals surface area contributed by atoms with Crippen LogP contribution in [0.4, 0.5) is 5.69 Å². The van der Waals surface area contributed by atoms with Crippen LogP contribution in [0.25, 0.3) is 10.8 Å². The highest BCUT2D eigenvalue weighted by atomic mass is 16.4. The van der Waals surface area contributed by atoms with Gasteiger partial charge in [0.25, 0.3) is 0 Å². The minimum Gasteiger partial charge on any atom is -0.480 e. The summed E-state index contributed by atoms with van der Waals surface area (Å²) in [6, 6.07) is 13.5. The zero-order valence-corrected chi connectivity index (χ0v) is 12.2. The smallest absolute Gasteiger partial charge is 0.323 e. The highest BCUT2D eigenvalue weighted by Crippen LogP contribution is 2.30. The molecule has 0 amide bonds. The average molecular weight is 282 g/mol. The zero-order valence-electron chi connectivity index (χ0n) is 12.2. The highest BCUT2D eigenvalue weighted by Gasteiger charge is 2.19. The monoisotopic (exact) mass is 282 g/mol. The third-order valence-electron chi connectivity index (χ3n) is 3.76. The Morgan fingerprint density at radius 1 is 1.29 bits per heavy atom. The normalized spacial score (nSPS) is 11.9. The van der Waals surface area contributed by atoms with Crippen LogP contribution in [0.5, 0.6) is 0 Å². The van der Waals surface area contributed by atoms with Crippen molar-refractivity contribution in [3.8, 4) is 6.07 Å². The number of nitrogens with zero attached hydrogens (tertiary/aromatic N) is 2. The number of rotatable bonds is 5. The van der Waals surface area contributed by atoms with Gasteiger partial charge in [0.2, 0.25) is 0 Å². The number of benzene rings is 2. The first kappa shape index (κ1) is 14.9. The minimum absolute atomic E-state index is 0.0507. The van der Waals surface area contributed by atoms with Crippen molar-refractivity contribution < 1.29 is 9.90 Å². The summed E-state index contributed by atoms with van der Waals surface area (Å²) in [5.41, 5.74) is 1.47. The van der Waals surface area contributed by atoms with E-state index in [9.17, 15) is 10.1 Å². The molecule has 0 saturated carbocycles. The van der Waals surface area contributed by atoms with Crippen LogP contribution in [0, 0.1) is 11.3 Å². The molecule has 2 aromatic rings. The Labute approximate surface area is 124 Å². The van der Waals surface area contributed by atoms with Gasteiger partial charge in [0.05, 0.1) is 11.6 Å². The highest BCUT2D eigenvalue weighted by molar-refractivity contribution is 5.98. The minimum atomic E-state index is -0.858. The standard InChI is InChI=1S/C17H18N2O2/c1-3-12(2)19(11-17(20)21)16-9-8-13(10-18)14-6-4-5-7-15(14)16/h4-9,12H,3,11H2,1-2H3,(H,20,21). The largest absolute Gasteiger partial charge is 0.480 e. The van der Waals surface area contributed by atoms with E-state index >= 15 is 0 Å². The fraction of sp³-hybridized carbons (Fsp3) is 0.294. The molecule has 1 N–H and O–H groups in total. The van der Waals surface area contributed by atoms with Crippen LogP contribution < -0.4 is 4.90 Å². The summed E-state index contributed by atoms with van der Waals surface area (Å²) in [7, 11) is 0. The van der Waals surface area contributed by atoms with Gasteiger partial charge in [-0.25, -0.2) is 0 Å². The second kappa shape index (κ2) is 6.27. The molecule has 0 aliphatic carbocycles. The number of aliphatic carboxylic acids is 1. The number of carboxylic acid groups (broad SMARTS) is 1. The molecule has 0 bridgehead atoms. The Balaban J connectivity index is 2.63. The Hall–Kier alpha value is -2.54. The molecular formula is C17H18N2O2. The van der Waals surface area contributed by atoms with Crippen LogP contribution in [-0.2, 0) is 4.79 Å². The van der Waals surface area contributed by atoms with Crippen LogP contribution in [0.1, 0.15) is 25.8 Å². The molecule has 0 saturated heterocycles. The molecule has 0 heterocycles. The summed E-state index contributed by atoms with van der Waals surface area (Å²) >= 11 is 0. The zero-order chi connectivity index (χ0) is 15.4. The molecule has 108 valence electrons. The van der Waals surface area contributed by atoms with E-state index in [4.69, 9.17) is 5.11 Å². The third kappa shape index (κ3) is 2.97. The van der Waals surface area contributed by atoms with Crippen LogP contribution in [-0.4, -0.2) is 23.7 Å². The number of hydrogen-bond acceptors (Lipinski definition) is 3. The van der Waals surface area contributed by atoms with Gasteiger partial charge in [-0.15, -0.1) is 0 Å². The second-order valence-corrected chi connectivity index (χ2v) is 5.07. The van der Waals surface area contributed by atoms with Gasteiger partial charge in [-0.2, -0.15) is 5.26 Å². The number of anilines is 1. The van der Waals surface area contributed by atoms with Gasteiger partial charge in [0.15, 0.2) is 0 Å². The lowest BCUT2D eigenvalue weighted by molar-refractivity contribution is -0.135. The maximum absolute atomic E-state index is 11.2. The van der Waals surface area contributed by atoms with Crippen molar-refractivity contribution in [3.63, 3.8) is 0 Å². The lowest BCUT2D eigenvalue weighted by Crippen LogP contribution is -2.37. The first-order valence-electron chi connectivity index (χ1n) is 6.98. The van der Waals surface area contributed by atoms with Crippen LogP contribution in [0.3, 0.4) is 0 Å². The van der Waals surface area contributed by atoms with E-state index in [0.29, 0.717) is 5.56 Å². The van der Waals surface area contributed by atoms with Crippen molar-refractivity contribution in [2.45, 2.75) is 26.3 Å². The third-order valence-corrected chi connectivity index (χ3v) is 3.76. The lowest BCUT2D eigenvalue weighted by Gasteiger charge is -2.30. The van der Waals surface area contributed by atoms with E-state index in [1.807, 2.05) is 49.1 Å². The van der Waals surface area contributed by atoms with Gasteiger partial charge < -0.3 is 10.0 Å². The molecule has 2 aromatic carbocycles. The Kier molecular flexibility index (Phi) is 4.44. The first-order chi connectivity index (χ1) is 10.1. The topological polar surface area (TPSA) is 64.3 Å². The van der Waals surface area contributed by atoms with E-state index in [-0.39, 0.29) is 12.6 Å². The van der Waals surface area contributed by atoms with E-state index in [1.54, 1.807) is 6.07 Å². The van der Waals surface area contributed by atoms with E-state index in [2.05, 4.69) is 6.07 Å². The SMILES string of the molecule is CCC(C)N(CC(=O)O)c1ccc(C#N)c2ccccc12. The second-order valence-electron chi connectivity index (χ2n) is 5.07. The molecule has 1 unspecified atom stereocenters. The Morgan fingerprint density at radius 3 is 2.52 bits per heavy atom. The number of carbonyl (C=O) groups is 1. The van der Waals surface area contributed by atoms with Gasteiger partial charge in [-0.3, -0.25) is 4.79 Å². The molecule has 0 aromatic heterocycles. The van der Waals surface area contributed by atoms with Gasteiger partial charge in [0.1, 0.15) is 6.54 Å². The predicted molar refractivity (Wildman–Crippen MR) is 83.4 cm³/mol. The maximum Gasteiger partial charge on any atom is 0.323 e. The van der Waals surface area contributed by atoms with Gasteiger partial charge in [-0.05, 0) is 25.5 Å². The number of hydrogen-bond donors (Lipinski definition) is 1. The van der Waals surface area contributed by atoms with Crippen molar-refractivity contribution in [1.29, 1.82) is 5.26 Å². The number of fused-ring (bicyclic) bond motifs is 1. The van der Waals surface area contributed by atoms with Crippen molar-refractivity contribution in [1.82, 2.24) is 0 Å². The lowest BCUT2D eigenvalue weighted by atomic mass is 10.0. The summed E-state index contributed by atoms with van der Waals surface area (Å²) in [6.07, 6.45) is 0.849. The molecule has 4 heteroatoms. The molecule has 0 spiro atoms. The molecule has 21 heavy (non-hydrogen) atoms. The van der Waals surface area contributed by atoms with E-state index in [1.165, 1.54) is 0 Å². The van der Waals surface area contributed by atoms with E-state index < -0.39 is 5.97 Å². The van der Waals surface area contributed by atoms with Crippen LogP contribution in [0.15, 0.2) is 36.4 Å². The summed E-state index contributed by atoms with van der Waals surface area (Å²) in [5.74, 6) is -0.858. The average Bonchev–Trinajstić information content (AvgIpc) is 2.50. The predicted octanol–water partition coefficient (Wildman–Crippen LogP) is 3.40. The molecule has 0 radical (unpaired) electrons.